The molecule has 0 heterocycles. The quantitative estimate of drug-likeness (QED) is 0.820. The molecule has 1 N–H and O–H groups in total. The highest BCUT2D eigenvalue weighted by atomic mass is 79.9. The van der Waals surface area contributed by atoms with E-state index in [1.165, 1.54) is 24.8 Å². The van der Waals surface area contributed by atoms with Crippen LogP contribution in [0.2, 0.25) is 0 Å². The molecule has 1 aliphatic rings. The summed E-state index contributed by atoms with van der Waals surface area (Å²) in [5.74, 6) is 0. The van der Waals surface area contributed by atoms with E-state index in [4.69, 9.17) is 4.74 Å². The molecule has 106 valence electrons. The predicted molar refractivity (Wildman–Crippen MR) is 83.5 cm³/mol. The predicted octanol–water partition coefficient (Wildman–Crippen LogP) is 3.93. The third kappa shape index (κ3) is 3.59. The Morgan fingerprint density at radius 3 is 2.74 bits per heavy atom. The van der Waals surface area contributed by atoms with Gasteiger partial charge in [-0.05, 0) is 56.3 Å². The summed E-state index contributed by atoms with van der Waals surface area (Å²) < 4.78 is 7.01. The lowest BCUT2D eigenvalue weighted by Crippen LogP contribution is -2.57. The Labute approximate surface area is 125 Å². The number of hydrogen-bond donors (Lipinski definition) is 1. The molecule has 0 radical (unpaired) electrons. The standard InChI is InChI=1S/C16H24BrNO/c1-3-10-18-15(16(19-2)8-5-9-16)12-13-6-4-7-14(17)11-13/h4,6-7,11,15,18H,3,5,8-10,12H2,1-2H3. The number of benzene rings is 1. The van der Waals surface area contributed by atoms with E-state index in [1.54, 1.807) is 0 Å². The van der Waals surface area contributed by atoms with Crippen LogP contribution in [0.3, 0.4) is 0 Å². The average molecular weight is 326 g/mol. The van der Waals surface area contributed by atoms with Crippen LogP contribution in [0, 0.1) is 0 Å². The number of halogens is 1. The average Bonchev–Trinajstić information content (AvgIpc) is 2.35. The first kappa shape index (κ1) is 15.0. The van der Waals surface area contributed by atoms with Gasteiger partial charge in [0, 0.05) is 17.6 Å². The lowest BCUT2D eigenvalue weighted by molar-refractivity contribution is -0.0980. The highest BCUT2D eigenvalue weighted by Gasteiger charge is 2.43. The van der Waals surface area contributed by atoms with Crippen LogP contribution >= 0.6 is 15.9 Å². The minimum absolute atomic E-state index is 0.0531. The van der Waals surface area contributed by atoms with Crippen LogP contribution in [-0.2, 0) is 11.2 Å². The molecule has 0 aliphatic heterocycles. The first-order chi connectivity index (χ1) is 9.20. The molecule has 3 heteroatoms. The largest absolute Gasteiger partial charge is 0.377 e. The second-order valence-electron chi connectivity index (χ2n) is 5.46. The summed E-state index contributed by atoms with van der Waals surface area (Å²) in [5, 5.41) is 3.69. The van der Waals surface area contributed by atoms with Gasteiger partial charge in [-0.2, -0.15) is 0 Å². The van der Waals surface area contributed by atoms with Crippen molar-refractivity contribution in [2.75, 3.05) is 13.7 Å². The van der Waals surface area contributed by atoms with Crippen LogP contribution in [-0.4, -0.2) is 25.3 Å². The van der Waals surface area contributed by atoms with Crippen molar-refractivity contribution in [3.63, 3.8) is 0 Å². The molecular weight excluding hydrogens is 302 g/mol. The van der Waals surface area contributed by atoms with Gasteiger partial charge >= 0.3 is 0 Å². The molecule has 19 heavy (non-hydrogen) atoms. The summed E-state index contributed by atoms with van der Waals surface area (Å²) >= 11 is 3.55. The number of rotatable bonds is 7. The molecule has 1 atom stereocenters. The molecular formula is C16H24BrNO. The smallest absolute Gasteiger partial charge is 0.0834 e. The highest BCUT2D eigenvalue weighted by Crippen LogP contribution is 2.39. The monoisotopic (exact) mass is 325 g/mol. The number of ether oxygens (including phenoxy) is 1. The van der Waals surface area contributed by atoms with Gasteiger partial charge in [0.15, 0.2) is 0 Å². The first-order valence-electron chi connectivity index (χ1n) is 7.23. The second kappa shape index (κ2) is 6.87. The van der Waals surface area contributed by atoms with Crippen LogP contribution in [0.4, 0.5) is 0 Å². The summed E-state index contributed by atoms with van der Waals surface area (Å²) in [5.41, 5.74) is 1.42. The van der Waals surface area contributed by atoms with Gasteiger partial charge in [0.2, 0.25) is 0 Å². The van der Waals surface area contributed by atoms with E-state index in [0.29, 0.717) is 6.04 Å². The van der Waals surface area contributed by atoms with Crippen molar-refractivity contribution in [3.8, 4) is 0 Å². The Balaban J connectivity index is 2.09. The summed E-state index contributed by atoms with van der Waals surface area (Å²) in [6, 6.07) is 9.01. The van der Waals surface area contributed by atoms with Crippen molar-refractivity contribution < 1.29 is 4.74 Å². The fourth-order valence-electron chi connectivity index (χ4n) is 2.88. The summed E-state index contributed by atoms with van der Waals surface area (Å²) in [6.45, 7) is 3.27. The minimum atomic E-state index is 0.0531. The van der Waals surface area contributed by atoms with E-state index < -0.39 is 0 Å². The topological polar surface area (TPSA) is 21.3 Å². The fourth-order valence-corrected chi connectivity index (χ4v) is 3.33. The number of methoxy groups -OCH3 is 1. The molecule has 1 unspecified atom stereocenters. The zero-order chi connectivity index (χ0) is 13.7. The molecule has 0 aromatic heterocycles. The van der Waals surface area contributed by atoms with Crippen LogP contribution < -0.4 is 5.32 Å². The van der Waals surface area contributed by atoms with E-state index >= 15 is 0 Å². The summed E-state index contributed by atoms with van der Waals surface area (Å²) in [6.07, 6.45) is 5.84. The van der Waals surface area contributed by atoms with Crippen molar-refractivity contribution in [1.82, 2.24) is 5.32 Å². The molecule has 1 fully saturated rings. The Bertz CT molecular complexity index is 398. The van der Waals surface area contributed by atoms with Crippen LogP contribution in [0.5, 0.6) is 0 Å². The molecule has 1 aromatic carbocycles. The molecule has 0 bridgehead atoms. The molecule has 2 rings (SSSR count). The van der Waals surface area contributed by atoms with E-state index in [-0.39, 0.29) is 5.60 Å². The molecule has 0 saturated heterocycles. The summed E-state index contributed by atoms with van der Waals surface area (Å²) in [7, 11) is 1.86. The van der Waals surface area contributed by atoms with Crippen molar-refractivity contribution in [2.24, 2.45) is 0 Å². The first-order valence-corrected chi connectivity index (χ1v) is 8.02. The van der Waals surface area contributed by atoms with Gasteiger partial charge in [0.1, 0.15) is 0 Å². The Kier molecular flexibility index (Phi) is 5.43. The second-order valence-corrected chi connectivity index (χ2v) is 6.38. The highest BCUT2D eigenvalue weighted by molar-refractivity contribution is 9.10. The minimum Gasteiger partial charge on any atom is -0.377 e. The molecule has 2 nitrogen and oxygen atoms in total. The van der Waals surface area contributed by atoms with E-state index in [9.17, 15) is 0 Å². The lowest BCUT2D eigenvalue weighted by Gasteiger charge is -2.47. The van der Waals surface area contributed by atoms with Gasteiger partial charge in [0.05, 0.1) is 5.60 Å². The maximum atomic E-state index is 5.86. The zero-order valence-corrected chi connectivity index (χ0v) is 13.5. The maximum Gasteiger partial charge on any atom is 0.0834 e. The molecule has 0 amide bonds. The lowest BCUT2D eigenvalue weighted by atomic mass is 9.72. The maximum absolute atomic E-state index is 5.86. The summed E-state index contributed by atoms with van der Waals surface area (Å²) in [4.78, 5) is 0. The van der Waals surface area contributed by atoms with Gasteiger partial charge < -0.3 is 10.1 Å². The Morgan fingerprint density at radius 1 is 1.42 bits per heavy atom. The third-order valence-electron chi connectivity index (χ3n) is 4.21. The number of nitrogens with one attached hydrogen (secondary N) is 1. The van der Waals surface area contributed by atoms with Crippen molar-refractivity contribution in [2.45, 2.75) is 50.7 Å². The third-order valence-corrected chi connectivity index (χ3v) is 4.70. The van der Waals surface area contributed by atoms with Crippen molar-refractivity contribution in [3.05, 3.63) is 34.3 Å². The Hall–Kier alpha value is -0.380. The van der Waals surface area contributed by atoms with E-state index in [2.05, 4.69) is 52.4 Å². The normalized spacial score (nSPS) is 18.9. The molecule has 1 saturated carbocycles. The van der Waals surface area contributed by atoms with Crippen molar-refractivity contribution >= 4 is 15.9 Å². The molecule has 1 aromatic rings. The fraction of sp³-hybridized carbons (Fsp3) is 0.625. The SMILES string of the molecule is CCCNC(Cc1cccc(Br)c1)C1(OC)CCC1. The Morgan fingerprint density at radius 2 is 2.21 bits per heavy atom. The van der Waals surface area contributed by atoms with Crippen molar-refractivity contribution in [1.29, 1.82) is 0 Å². The van der Waals surface area contributed by atoms with Crippen LogP contribution in [0.15, 0.2) is 28.7 Å². The van der Waals surface area contributed by atoms with Gasteiger partial charge in [0.25, 0.3) is 0 Å². The van der Waals surface area contributed by atoms with Crippen LogP contribution in [0.1, 0.15) is 38.2 Å². The van der Waals surface area contributed by atoms with E-state index in [0.717, 1.165) is 23.9 Å². The zero-order valence-electron chi connectivity index (χ0n) is 11.9. The van der Waals surface area contributed by atoms with Gasteiger partial charge in [-0.15, -0.1) is 0 Å². The molecule has 1 aliphatic carbocycles. The van der Waals surface area contributed by atoms with Gasteiger partial charge in [-0.1, -0.05) is 35.0 Å². The van der Waals surface area contributed by atoms with Crippen LogP contribution in [0.25, 0.3) is 0 Å². The molecule has 0 spiro atoms. The van der Waals surface area contributed by atoms with Gasteiger partial charge in [-0.25, -0.2) is 0 Å². The van der Waals surface area contributed by atoms with E-state index in [1.807, 2.05) is 7.11 Å². The van der Waals surface area contributed by atoms with Gasteiger partial charge in [-0.3, -0.25) is 0 Å². The number of hydrogen-bond acceptors (Lipinski definition) is 2.